The highest BCUT2D eigenvalue weighted by atomic mass is 16.3. The molecule has 16 heavy (non-hydrogen) atoms. The lowest BCUT2D eigenvalue weighted by molar-refractivity contribution is 0.00409. The highest BCUT2D eigenvalue weighted by Gasteiger charge is 2.47. The van der Waals surface area contributed by atoms with Crippen molar-refractivity contribution < 1.29 is 5.11 Å². The van der Waals surface area contributed by atoms with E-state index in [9.17, 15) is 5.11 Å². The lowest BCUT2D eigenvalue weighted by Gasteiger charge is -2.53. The van der Waals surface area contributed by atoms with E-state index >= 15 is 0 Å². The minimum Gasteiger partial charge on any atom is -0.389 e. The average molecular weight is 220 g/mol. The average Bonchev–Trinajstić information content (AvgIpc) is 2.24. The molecule has 1 nitrogen and oxygen atoms in total. The summed E-state index contributed by atoms with van der Waals surface area (Å²) in [5.41, 5.74) is 2.85. The van der Waals surface area contributed by atoms with Crippen LogP contribution in [0.3, 0.4) is 0 Å². The monoisotopic (exact) mass is 220 g/mol. The number of hydrogen-bond donors (Lipinski definition) is 1. The first kappa shape index (κ1) is 11.9. The van der Waals surface area contributed by atoms with Gasteiger partial charge in [-0.3, -0.25) is 0 Å². The van der Waals surface area contributed by atoms with Crippen molar-refractivity contribution >= 4 is 0 Å². The number of allylic oxidation sites excluding steroid dienone is 1. The van der Waals surface area contributed by atoms with Gasteiger partial charge in [-0.2, -0.15) is 0 Å². The van der Waals surface area contributed by atoms with Gasteiger partial charge in [-0.25, -0.2) is 0 Å². The third kappa shape index (κ3) is 1.98. The Balaban J connectivity index is 2.12. The molecule has 90 valence electrons. The van der Waals surface area contributed by atoms with Gasteiger partial charge in [0, 0.05) is 0 Å². The fraction of sp³-hybridized carbons (Fsp3) is 0.733. The van der Waals surface area contributed by atoms with E-state index in [0.29, 0.717) is 11.3 Å². The summed E-state index contributed by atoms with van der Waals surface area (Å²) in [5, 5.41) is 9.91. The highest BCUT2D eigenvalue weighted by Crippen LogP contribution is 2.56. The number of rotatable bonds is 0. The van der Waals surface area contributed by atoms with Crippen LogP contribution in [0.15, 0.2) is 24.3 Å². The van der Waals surface area contributed by atoms with Crippen LogP contribution in [0.5, 0.6) is 0 Å². The van der Waals surface area contributed by atoms with Crippen LogP contribution in [-0.4, -0.2) is 11.2 Å². The molecule has 0 bridgehead atoms. The van der Waals surface area contributed by atoms with Crippen molar-refractivity contribution in [3.63, 3.8) is 0 Å². The predicted molar refractivity (Wildman–Crippen MR) is 68.1 cm³/mol. The zero-order valence-corrected chi connectivity index (χ0v) is 10.6. The van der Waals surface area contributed by atoms with Crippen LogP contribution in [-0.2, 0) is 0 Å². The van der Waals surface area contributed by atoms with Crippen LogP contribution in [0.2, 0.25) is 0 Å². The Bertz CT molecular complexity index is 313. The Morgan fingerprint density at radius 1 is 1.12 bits per heavy atom. The second-order valence-electron chi connectivity index (χ2n) is 6.32. The molecule has 2 aliphatic carbocycles. The van der Waals surface area contributed by atoms with Crippen LogP contribution in [0, 0.1) is 17.3 Å². The van der Waals surface area contributed by atoms with Crippen LogP contribution in [0.4, 0.5) is 0 Å². The van der Waals surface area contributed by atoms with E-state index < -0.39 is 0 Å². The lowest BCUT2D eigenvalue weighted by atomic mass is 9.52. The fourth-order valence-electron chi connectivity index (χ4n) is 3.48. The highest BCUT2D eigenvalue weighted by molar-refractivity contribution is 5.16. The van der Waals surface area contributed by atoms with Crippen molar-refractivity contribution in [2.24, 2.45) is 17.3 Å². The molecule has 0 amide bonds. The maximum absolute atomic E-state index is 9.91. The molecule has 2 saturated carbocycles. The van der Waals surface area contributed by atoms with Gasteiger partial charge in [0.25, 0.3) is 0 Å². The molecule has 0 aromatic carbocycles. The van der Waals surface area contributed by atoms with Crippen molar-refractivity contribution in [1.82, 2.24) is 0 Å². The van der Waals surface area contributed by atoms with Crippen LogP contribution >= 0.6 is 0 Å². The largest absolute Gasteiger partial charge is 0.389 e. The van der Waals surface area contributed by atoms with Crippen LogP contribution < -0.4 is 0 Å². The molecule has 3 atom stereocenters. The van der Waals surface area contributed by atoms with Crippen molar-refractivity contribution in [3.8, 4) is 0 Å². The summed E-state index contributed by atoms with van der Waals surface area (Å²) < 4.78 is 0. The van der Waals surface area contributed by atoms with Gasteiger partial charge >= 0.3 is 0 Å². The molecule has 0 heterocycles. The molecule has 0 aromatic rings. The third-order valence-electron chi connectivity index (χ3n) is 4.75. The van der Waals surface area contributed by atoms with Gasteiger partial charge in [0.1, 0.15) is 0 Å². The molecule has 2 rings (SSSR count). The molecule has 0 spiro atoms. The molecule has 0 aliphatic heterocycles. The zero-order valence-electron chi connectivity index (χ0n) is 10.6. The van der Waals surface area contributed by atoms with E-state index in [4.69, 9.17) is 0 Å². The SMILES string of the molecule is C=C1CC[C@H](O)C(=C)CCC2C1CC2(C)C. The number of aliphatic hydroxyl groups is 1. The minimum absolute atomic E-state index is 0.308. The molecule has 0 aromatic heterocycles. The van der Waals surface area contributed by atoms with Gasteiger partial charge in [0.05, 0.1) is 6.10 Å². The van der Waals surface area contributed by atoms with E-state index in [1.807, 2.05) is 0 Å². The van der Waals surface area contributed by atoms with E-state index in [0.717, 1.165) is 30.8 Å². The molecule has 0 radical (unpaired) electrons. The van der Waals surface area contributed by atoms with E-state index in [1.54, 1.807) is 0 Å². The normalized spacial score (nSPS) is 39.1. The minimum atomic E-state index is -0.308. The summed E-state index contributed by atoms with van der Waals surface area (Å²) >= 11 is 0. The quantitative estimate of drug-likeness (QED) is 0.617. The van der Waals surface area contributed by atoms with Crippen molar-refractivity contribution in [1.29, 1.82) is 0 Å². The first-order valence-electron chi connectivity index (χ1n) is 6.45. The molecule has 2 aliphatic rings. The Hall–Kier alpha value is -0.560. The Labute approximate surface area is 99.3 Å². The maximum Gasteiger partial charge on any atom is 0.0750 e. The molecular weight excluding hydrogens is 196 g/mol. The molecular formula is C15H24O. The fourth-order valence-corrected chi connectivity index (χ4v) is 3.48. The smallest absolute Gasteiger partial charge is 0.0750 e. The summed E-state index contributed by atoms with van der Waals surface area (Å²) in [7, 11) is 0. The number of fused-ring (bicyclic) bond motifs is 1. The van der Waals surface area contributed by atoms with E-state index in [1.165, 1.54) is 18.4 Å². The van der Waals surface area contributed by atoms with E-state index in [-0.39, 0.29) is 6.10 Å². The van der Waals surface area contributed by atoms with Crippen LogP contribution in [0.25, 0.3) is 0 Å². The van der Waals surface area contributed by atoms with Gasteiger partial charge in [0.2, 0.25) is 0 Å². The molecule has 2 fully saturated rings. The predicted octanol–water partition coefficient (Wildman–Crippen LogP) is 3.70. The van der Waals surface area contributed by atoms with E-state index in [2.05, 4.69) is 27.0 Å². The first-order chi connectivity index (χ1) is 7.42. The zero-order chi connectivity index (χ0) is 11.9. The topological polar surface area (TPSA) is 20.2 Å². The van der Waals surface area contributed by atoms with Gasteiger partial charge in [0.15, 0.2) is 0 Å². The molecule has 1 heteroatoms. The van der Waals surface area contributed by atoms with Gasteiger partial charge in [-0.1, -0.05) is 32.6 Å². The van der Waals surface area contributed by atoms with Crippen molar-refractivity contribution in [2.45, 2.75) is 52.1 Å². The summed E-state index contributed by atoms with van der Waals surface area (Å²) in [6, 6.07) is 0. The van der Waals surface area contributed by atoms with Gasteiger partial charge < -0.3 is 5.11 Å². The Kier molecular flexibility index (Phi) is 3.00. The standard InChI is InChI=1S/C15H24O/c1-10-6-8-14(16)11(2)5-7-13-12(10)9-15(13,3)4/h12-14,16H,1-2,5-9H2,3-4H3/t12?,13?,14-/m0/s1. The second-order valence-corrected chi connectivity index (χ2v) is 6.32. The Morgan fingerprint density at radius 2 is 1.75 bits per heavy atom. The number of hydrogen-bond acceptors (Lipinski definition) is 1. The van der Waals surface area contributed by atoms with Gasteiger partial charge in [-0.05, 0) is 54.9 Å². The third-order valence-corrected chi connectivity index (χ3v) is 4.75. The van der Waals surface area contributed by atoms with Crippen molar-refractivity contribution in [2.75, 3.05) is 0 Å². The summed E-state index contributed by atoms with van der Waals surface area (Å²) in [6.45, 7) is 13.0. The number of aliphatic hydroxyl groups excluding tert-OH is 1. The van der Waals surface area contributed by atoms with Crippen molar-refractivity contribution in [3.05, 3.63) is 24.3 Å². The summed E-state index contributed by atoms with van der Waals surface area (Å²) in [4.78, 5) is 0. The molecule has 0 saturated heterocycles. The Morgan fingerprint density at radius 3 is 2.38 bits per heavy atom. The first-order valence-corrected chi connectivity index (χ1v) is 6.45. The van der Waals surface area contributed by atoms with Crippen LogP contribution in [0.1, 0.15) is 46.0 Å². The molecule has 2 unspecified atom stereocenters. The lowest BCUT2D eigenvalue weighted by Crippen LogP contribution is -2.44. The van der Waals surface area contributed by atoms with Gasteiger partial charge in [-0.15, -0.1) is 0 Å². The summed E-state index contributed by atoms with van der Waals surface area (Å²) in [6.07, 6.45) is 4.92. The second kappa shape index (κ2) is 4.03. The summed E-state index contributed by atoms with van der Waals surface area (Å²) in [5.74, 6) is 1.45. The maximum atomic E-state index is 9.91. The molecule has 1 N–H and O–H groups in total.